The molecule has 1 saturated heterocycles. The molecule has 2 aromatic rings. The summed E-state index contributed by atoms with van der Waals surface area (Å²) in [4.78, 5) is 38.3. The number of ketones is 1. The second-order valence-electron chi connectivity index (χ2n) is 5.86. The van der Waals surface area contributed by atoms with E-state index in [2.05, 4.69) is 21.2 Å². The monoisotopic (exact) mass is 404 g/mol. The summed E-state index contributed by atoms with van der Waals surface area (Å²) in [6.07, 6.45) is 0. The van der Waals surface area contributed by atoms with Gasteiger partial charge in [-0.3, -0.25) is 14.5 Å². The van der Waals surface area contributed by atoms with Crippen LogP contribution in [0.1, 0.15) is 22.8 Å². The van der Waals surface area contributed by atoms with E-state index in [4.69, 9.17) is 0 Å². The summed E-state index contributed by atoms with van der Waals surface area (Å²) in [5, 5.41) is 2.65. The van der Waals surface area contributed by atoms with Gasteiger partial charge in [-0.05, 0) is 37.3 Å². The van der Waals surface area contributed by atoms with Crippen molar-refractivity contribution in [3.63, 3.8) is 0 Å². The van der Waals surface area contributed by atoms with E-state index in [1.54, 1.807) is 31.2 Å². The van der Waals surface area contributed by atoms with Gasteiger partial charge >= 0.3 is 6.03 Å². The quantitative estimate of drug-likeness (QED) is 0.628. The van der Waals surface area contributed by atoms with Gasteiger partial charge in [0.2, 0.25) is 0 Å². The molecule has 25 heavy (non-hydrogen) atoms. The molecule has 1 aliphatic rings. The van der Waals surface area contributed by atoms with E-state index < -0.39 is 35.6 Å². The van der Waals surface area contributed by atoms with Crippen molar-refractivity contribution in [1.29, 1.82) is 0 Å². The lowest BCUT2D eigenvalue weighted by molar-refractivity contribution is -0.130. The topological polar surface area (TPSA) is 66.5 Å². The van der Waals surface area contributed by atoms with Crippen molar-refractivity contribution in [2.75, 3.05) is 6.54 Å². The number of amides is 3. The van der Waals surface area contributed by atoms with Crippen LogP contribution in [0.3, 0.4) is 0 Å². The smallest absolute Gasteiger partial charge is 0.319 e. The zero-order valence-corrected chi connectivity index (χ0v) is 14.8. The summed E-state index contributed by atoms with van der Waals surface area (Å²) in [7, 11) is 0. The Morgan fingerprint density at radius 3 is 2.44 bits per heavy atom. The highest BCUT2D eigenvalue weighted by Crippen LogP contribution is 2.33. The molecule has 0 spiro atoms. The van der Waals surface area contributed by atoms with Crippen molar-refractivity contribution in [3.05, 3.63) is 69.9 Å². The van der Waals surface area contributed by atoms with Crippen LogP contribution in [0, 0.1) is 5.82 Å². The van der Waals surface area contributed by atoms with Crippen LogP contribution in [0.5, 0.6) is 0 Å². The van der Waals surface area contributed by atoms with Crippen molar-refractivity contribution < 1.29 is 18.8 Å². The second-order valence-corrected chi connectivity index (χ2v) is 6.71. The number of benzene rings is 2. The zero-order chi connectivity index (χ0) is 18.2. The number of rotatable bonds is 4. The van der Waals surface area contributed by atoms with E-state index in [9.17, 15) is 18.8 Å². The van der Waals surface area contributed by atoms with E-state index >= 15 is 0 Å². The third kappa shape index (κ3) is 3.07. The number of halogens is 2. The maximum absolute atomic E-state index is 13.0. The lowest BCUT2D eigenvalue weighted by Gasteiger charge is -2.23. The van der Waals surface area contributed by atoms with E-state index in [-0.39, 0.29) is 5.56 Å². The fraction of sp³-hybridized carbons (Fsp3) is 0.167. The number of urea groups is 1. The number of nitrogens with one attached hydrogen (secondary N) is 1. The van der Waals surface area contributed by atoms with Crippen molar-refractivity contribution in [2.45, 2.75) is 12.5 Å². The van der Waals surface area contributed by atoms with Gasteiger partial charge in [0, 0.05) is 15.6 Å². The summed E-state index contributed by atoms with van der Waals surface area (Å²) in [6.45, 7) is 1.19. The minimum atomic E-state index is -1.26. The second kappa shape index (κ2) is 6.40. The fourth-order valence-electron chi connectivity index (χ4n) is 2.76. The highest BCUT2D eigenvalue weighted by Gasteiger charge is 2.50. The summed E-state index contributed by atoms with van der Waals surface area (Å²) >= 11 is 3.38. The largest absolute Gasteiger partial charge is 0.325 e. The average molecular weight is 405 g/mol. The van der Waals surface area contributed by atoms with Crippen LogP contribution in [0.2, 0.25) is 0 Å². The maximum atomic E-state index is 13.0. The van der Waals surface area contributed by atoms with Gasteiger partial charge < -0.3 is 5.32 Å². The Morgan fingerprint density at radius 1 is 1.16 bits per heavy atom. The van der Waals surface area contributed by atoms with Gasteiger partial charge in [-0.1, -0.05) is 34.1 Å². The predicted octanol–water partition coefficient (Wildman–Crippen LogP) is 3.24. The molecule has 7 heteroatoms. The van der Waals surface area contributed by atoms with Crippen LogP contribution in [0.15, 0.2) is 53.0 Å². The lowest BCUT2D eigenvalue weighted by atomic mass is 9.92. The molecule has 128 valence electrons. The molecular formula is C18H14BrFN2O3. The molecule has 1 heterocycles. The molecule has 2 aromatic carbocycles. The molecule has 0 bridgehead atoms. The highest BCUT2D eigenvalue weighted by atomic mass is 79.9. The summed E-state index contributed by atoms with van der Waals surface area (Å²) in [5.74, 6) is -1.42. The number of carbonyl (C=O) groups is 3. The van der Waals surface area contributed by atoms with E-state index in [0.717, 1.165) is 17.0 Å². The minimum Gasteiger partial charge on any atom is -0.319 e. The van der Waals surface area contributed by atoms with Gasteiger partial charge in [0.1, 0.15) is 11.4 Å². The molecule has 3 amide bonds. The van der Waals surface area contributed by atoms with Gasteiger partial charge in [-0.15, -0.1) is 0 Å². The Balaban J connectivity index is 1.85. The molecule has 1 atom stereocenters. The molecule has 3 rings (SSSR count). The molecule has 1 aliphatic heterocycles. The van der Waals surface area contributed by atoms with Gasteiger partial charge in [-0.25, -0.2) is 9.18 Å². The Morgan fingerprint density at radius 2 is 1.80 bits per heavy atom. The molecule has 0 unspecified atom stereocenters. The number of hydrogen-bond acceptors (Lipinski definition) is 3. The first kappa shape index (κ1) is 17.3. The third-order valence-corrected chi connectivity index (χ3v) is 4.85. The summed E-state index contributed by atoms with van der Waals surface area (Å²) in [6, 6.07) is 11.4. The maximum Gasteiger partial charge on any atom is 0.325 e. The molecule has 0 saturated carbocycles. The average Bonchev–Trinajstić information content (AvgIpc) is 2.80. The van der Waals surface area contributed by atoms with Gasteiger partial charge in [0.05, 0.1) is 6.54 Å². The van der Waals surface area contributed by atoms with Gasteiger partial charge in [-0.2, -0.15) is 0 Å². The van der Waals surface area contributed by atoms with E-state index in [1.165, 1.54) is 12.1 Å². The van der Waals surface area contributed by atoms with Gasteiger partial charge in [0.25, 0.3) is 5.91 Å². The normalized spacial score (nSPS) is 19.9. The highest BCUT2D eigenvalue weighted by molar-refractivity contribution is 9.10. The van der Waals surface area contributed by atoms with Crippen molar-refractivity contribution >= 4 is 33.7 Å². The Kier molecular flexibility index (Phi) is 4.43. The van der Waals surface area contributed by atoms with E-state index in [0.29, 0.717) is 10.0 Å². The first-order valence-electron chi connectivity index (χ1n) is 7.51. The van der Waals surface area contributed by atoms with Crippen LogP contribution < -0.4 is 5.32 Å². The van der Waals surface area contributed by atoms with Crippen molar-refractivity contribution in [1.82, 2.24) is 10.2 Å². The number of Topliss-reactive ketones (excluding diaryl/α,β-unsaturated/α-hetero) is 1. The third-order valence-electron chi connectivity index (χ3n) is 4.16. The SMILES string of the molecule is C[C@@]1(c2ccccc2Br)NC(=O)N(CC(=O)c2ccc(F)cc2)C1=O. The molecule has 0 aliphatic carbocycles. The molecule has 1 N–H and O–H groups in total. The lowest BCUT2D eigenvalue weighted by Crippen LogP contribution is -2.41. The van der Waals surface area contributed by atoms with Crippen LogP contribution in [-0.2, 0) is 10.3 Å². The summed E-state index contributed by atoms with van der Waals surface area (Å²) < 4.78 is 13.6. The van der Waals surface area contributed by atoms with Gasteiger partial charge in [0.15, 0.2) is 5.78 Å². The first-order chi connectivity index (χ1) is 11.8. The number of carbonyl (C=O) groups excluding carboxylic acids is 3. The predicted molar refractivity (Wildman–Crippen MR) is 92.5 cm³/mol. The number of hydrogen-bond donors (Lipinski definition) is 1. The Hall–Kier alpha value is -2.54. The van der Waals surface area contributed by atoms with Crippen LogP contribution in [-0.4, -0.2) is 29.2 Å². The summed E-state index contributed by atoms with van der Waals surface area (Å²) in [5.41, 5.74) is -0.429. The molecule has 5 nitrogen and oxygen atoms in total. The zero-order valence-electron chi connectivity index (χ0n) is 13.3. The first-order valence-corrected chi connectivity index (χ1v) is 8.30. The fourth-order valence-corrected chi connectivity index (χ4v) is 3.44. The molecule has 1 fully saturated rings. The van der Waals surface area contributed by atoms with Crippen LogP contribution >= 0.6 is 15.9 Å². The molecule has 0 radical (unpaired) electrons. The number of nitrogens with zero attached hydrogens (tertiary/aromatic N) is 1. The van der Waals surface area contributed by atoms with Crippen molar-refractivity contribution in [2.24, 2.45) is 0 Å². The minimum absolute atomic E-state index is 0.233. The van der Waals surface area contributed by atoms with Crippen molar-refractivity contribution in [3.8, 4) is 0 Å². The molecular weight excluding hydrogens is 391 g/mol. The van der Waals surface area contributed by atoms with Crippen LogP contribution in [0.4, 0.5) is 9.18 Å². The molecule has 0 aromatic heterocycles. The Bertz CT molecular complexity index is 869. The van der Waals surface area contributed by atoms with E-state index in [1.807, 2.05) is 0 Å². The van der Waals surface area contributed by atoms with Crippen LogP contribution in [0.25, 0.3) is 0 Å². The Labute approximate surface area is 151 Å². The standard InChI is InChI=1S/C18H14BrFN2O3/c1-18(13-4-2-3-5-14(13)19)16(24)22(17(25)21-18)10-15(23)11-6-8-12(20)9-7-11/h2-9H,10H2,1H3,(H,21,25)/t18-/m0/s1. The number of imide groups is 1.